The number of benzene rings is 5. The summed E-state index contributed by atoms with van der Waals surface area (Å²) in [6, 6.07) is 40.0. The number of hydrogen-bond donors (Lipinski definition) is 0. The summed E-state index contributed by atoms with van der Waals surface area (Å²) in [4.78, 5) is 24.1. The van der Waals surface area contributed by atoms with E-state index in [1.807, 2.05) is 109 Å². The number of rotatable bonds is 4. The second-order valence-corrected chi connectivity index (χ2v) is 9.77. The third kappa shape index (κ3) is 4.10. The SMILES string of the molecule is c1ccc(-c2nc(-c3ccccc3)nc(-c3cccc4oc5cc(-c6cnc7ccccc7n6)ccc5c34)n2)cc1. The largest absolute Gasteiger partial charge is 0.456 e. The monoisotopic (exact) mass is 527 g/mol. The third-order valence-electron chi connectivity index (χ3n) is 7.18. The molecule has 0 bridgehead atoms. The molecule has 0 aliphatic carbocycles. The Bertz CT molecular complexity index is 2150. The lowest BCUT2D eigenvalue weighted by atomic mass is 10.0. The van der Waals surface area contributed by atoms with Gasteiger partial charge in [0, 0.05) is 33.0 Å². The van der Waals surface area contributed by atoms with Crippen molar-refractivity contribution in [1.29, 1.82) is 0 Å². The Kier molecular flexibility index (Phi) is 5.35. The maximum atomic E-state index is 6.37. The molecule has 192 valence electrons. The van der Waals surface area contributed by atoms with Gasteiger partial charge in [-0.05, 0) is 30.3 Å². The van der Waals surface area contributed by atoms with Gasteiger partial charge in [-0.15, -0.1) is 0 Å². The molecule has 0 amide bonds. The van der Waals surface area contributed by atoms with Crippen LogP contribution in [0, 0.1) is 0 Å². The fraction of sp³-hybridized carbons (Fsp3) is 0. The summed E-state index contributed by atoms with van der Waals surface area (Å²) in [5.41, 5.74) is 7.73. The summed E-state index contributed by atoms with van der Waals surface area (Å²) in [6.45, 7) is 0. The minimum Gasteiger partial charge on any atom is -0.456 e. The van der Waals surface area contributed by atoms with Crippen LogP contribution in [-0.4, -0.2) is 24.9 Å². The zero-order chi connectivity index (χ0) is 27.2. The molecule has 6 nitrogen and oxygen atoms in total. The van der Waals surface area contributed by atoms with Gasteiger partial charge in [0.1, 0.15) is 11.2 Å². The van der Waals surface area contributed by atoms with Crippen LogP contribution in [0.1, 0.15) is 0 Å². The molecule has 8 rings (SSSR count). The van der Waals surface area contributed by atoms with E-state index in [0.717, 1.165) is 60.9 Å². The molecule has 0 saturated heterocycles. The van der Waals surface area contributed by atoms with Crippen molar-refractivity contribution in [3.63, 3.8) is 0 Å². The van der Waals surface area contributed by atoms with E-state index < -0.39 is 0 Å². The van der Waals surface area contributed by atoms with Crippen molar-refractivity contribution >= 4 is 33.0 Å². The lowest BCUT2D eigenvalue weighted by Gasteiger charge is -2.09. The van der Waals surface area contributed by atoms with Crippen LogP contribution in [0.3, 0.4) is 0 Å². The highest BCUT2D eigenvalue weighted by molar-refractivity contribution is 6.12. The minimum absolute atomic E-state index is 0.593. The van der Waals surface area contributed by atoms with Crippen LogP contribution in [0.2, 0.25) is 0 Å². The van der Waals surface area contributed by atoms with Crippen LogP contribution in [-0.2, 0) is 0 Å². The maximum Gasteiger partial charge on any atom is 0.164 e. The number of hydrogen-bond acceptors (Lipinski definition) is 6. The van der Waals surface area contributed by atoms with E-state index in [-0.39, 0.29) is 0 Å². The first kappa shape index (κ1) is 23.2. The molecule has 0 atom stereocenters. The van der Waals surface area contributed by atoms with E-state index in [2.05, 4.69) is 17.1 Å². The van der Waals surface area contributed by atoms with Crippen molar-refractivity contribution in [1.82, 2.24) is 24.9 Å². The van der Waals surface area contributed by atoms with Crippen LogP contribution in [0.15, 0.2) is 132 Å². The van der Waals surface area contributed by atoms with Gasteiger partial charge in [-0.1, -0.05) is 91.0 Å². The second-order valence-electron chi connectivity index (χ2n) is 9.77. The quantitative estimate of drug-likeness (QED) is 0.229. The third-order valence-corrected chi connectivity index (χ3v) is 7.18. The van der Waals surface area contributed by atoms with Crippen molar-refractivity contribution in [3.05, 3.63) is 128 Å². The Hall–Kier alpha value is -5.75. The number of furan rings is 1. The van der Waals surface area contributed by atoms with Crippen LogP contribution in [0.5, 0.6) is 0 Å². The van der Waals surface area contributed by atoms with Gasteiger partial charge in [-0.3, -0.25) is 4.98 Å². The number of para-hydroxylation sites is 2. The first-order valence-corrected chi connectivity index (χ1v) is 13.3. The van der Waals surface area contributed by atoms with Gasteiger partial charge < -0.3 is 4.42 Å². The molecule has 0 aliphatic heterocycles. The zero-order valence-electron chi connectivity index (χ0n) is 21.8. The van der Waals surface area contributed by atoms with Gasteiger partial charge in [0.2, 0.25) is 0 Å². The van der Waals surface area contributed by atoms with Crippen LogP contribution < -0.4 is 0 Å². The molecule has 0 N–H and O–H groups in total. The Labute approximate surface area is 235 Å². The summed E-state index contributed by atoms with van der Waals surface area (Å²) in [5.74, 6) is 1.84. The first-order chi connectivity index (χ1) is 20.3. The summed E-state index contributed by atoms with van der Waals surface area (Å²) < 4.78 is 6.37. The summed E-state index contributed by atoms with van der Waals surface area (Å²) in [5, 5.41) is 1.94. The van der Waals surface area contributed by atoms with Crippen molar-refractivity contribution in [3.8, 4) is 45.4 Å². The Morgan fingerprint density at radius 3 is 1.85 bits per heavy atom. The minimum atomic E-state index is 0.593. The molecule has 0 unspecified atom stereocenters. The molecule has 8 aromatic rings. The molecule has 5 aromatic carbocycles. The summed E-state index contributed by atoms with van der Waals surface area (Å²) in [7, 11) is 0. The lowest BCUT2D eigenvalue weighted by molar-refractivity contribution is 0.669. The summed E-state index contributed by atoms with van der Waals surface area (Å²) in [6.07, 6.45) is 1.80. The van der Waals surface area contributed by atoms with E-state index in [1.165, 1.54) is 0 Å². The molecule has 0 spiro atoms. The Morgan fingerprint density at radius 2 is 1.12 bits per heavy atom. The van der Waals surface area contributed by atoms with E-state index in [0.29, 0.717) is 17.5 Å². The van der Waals surface area contributed by atoms with Crippen molar-refractivity contribution in [2.45, 2.75) is 0 Å². The molecule has 3 heterocycles. The van der Waals surface area contributed by atoms with E-state index in [9.17, 15) is 0 Å². The van der Waals surface area contributed by atoms with Crippen molar-refractivity contribution in [2.24, 2.45) is 0 Å². The molecule has 6 heteroatoms. The number of fused-ring (bicyclic) bond motifs is 4. The second kappa shape index (κ2) is 9.47. The molecular formula is C35H21N5O. The van der Waals surface area contributed by atoms with E-state index in [4.69, 9.17) is 24.4 Å². The standard InChI is InChI=1S/C35H21N5O/c1-3-10-22(11-4-1)33-38-34(23-12-5-2-6-13-23)40-35(39-33)26-14-9-17-30-32(26)25-19-18-24(20-31(25)41-30)29-21-36-27-15-7-8-16-28(27)37-29/h1-21H. The van der Waals surface area contributed by atoms with Gasteiger partial charge >= 0.3 is 0 Å². The normalized spacial score (nSPS) is 11.4. The fourth-order valence-corrected chi connectivity index (χ4v) is 5.20. The average Bonchev–Trinajstić information content (AvgIpc) is 3.43. The molecular weight excluding hydrogens is 506 g/mol. The fourth-order valence-electron chi connectivity index (χ4n) is 5.20. The van der Waals surface area contributed by atoms with Crippen LogP contribution in [0.4, 0.5) is 0 Å². The summed E-state index contributed by atoms with van der Waals surface area (Å²) >= 11 is 0. The highest BCUT2D eigenvalue weighted by Gasteiger charge is 2.18. The van der Waals surface area contributed by atoms with Crippen LogP contribution in [0.25, 0.3) is 78.4 Å². The zero-order valence-corrected chi connectivity index (χ0v) is 21.8. The van der Waals surface area contributed by atoms with E-state index in [1.54, 1.807) is 6.20 Å². The average molecular weight is 528 g/mol. The predicted octanol–water partition coefficient (Wildman–Crippen LogP) is 8.38. The predicted molar refractivity (Wildman–Crippen MR) is 162 cm³/mol. The maximum absolute atomic E-state index is 6.37. The first-order valence-electron chi connectivity index (χ1n) is 13.3. The highest BCUT2D eigenvalue weighted by atomic mass is 16.3. The van der Waals surface area contributed by atoms with Gasteiger partial charge in [-0.2, -0.15) is 0 Å². The lowest BCUT2D eigenvalue weighted by Crippen LogP contribution is -2.00. The van der Waals surface area contributed by atoms with Crippen molar-refractivity contribution in [2.75, 3.05) is 0 Å². The molecule has 0 fully saturated rings. The van der Waals surface area contributed by atoms with Crippen LogP contribution >= 0.6 is 0 Å². The molecule has 41 heavy (non-hydrogen) atoms. The molecule has 3 aromatic heterocycles. The topological polar surface area (TPSA) is 77.6 Å². The number of nitrogens with zero attached hydrogens (tertiary/aromatic N) is 5. The highest BCUT2D eigenvalue weighted by Crippen LogP contribution is 2.38. The Morgan fingerprint density at radius 1 is 0.463 bits per heavy atom. The number of aromatic nitrogens is 5. The Balaban J connectivity index is 1.31. The molecule has 0 aliphatic rings. The molecule has 0 radical (unpaired) electrons. The van der Waals surface area contributed by atoms with E-state index >= 15 is 0 Å². The van der Waals surface area contributed by atoms with Crippen molar-refractivity contribution < 1.29 is 4.42 Å². The molecule has 0 saturated carbocycles. The van der Waals surface area contributed by atoms with Gasteiger partial charge in [-0.25, -0.2) is 19.9 Å². The van der Waals surface area contributed by atoms with Gasteiger partial charge in [0.15, 0.2) is 17.5 Å². The smallest absolute Gasteiger partial charge is 0.164 e. The van der Waals surface area contributed by atoms with Gasteiger partial charge in [0.25, 0.3) is 0 Å². The van der Waals surface area contributed by atoms with Gasteiger partial charge in [0.05, 0.1) is 22.9 Å².